The minimum atomic E-state index is -0.0663. The molecule has 4 nitrogen and oxygen atoms in total. The van der Waals surface area contributed by atoms with E-state index in [1.807, 2.05) is 44.2 Å². The monoisotopic (exact) mass is 331 g/mol. The largest absolute Gasteiger partial charge is 0.392 e. The molecule has 0 amide bonds. The van der Waals surface area contributed by atoms with Gasteiger partial charge in [0.15, 0.2) is 5.82 Å². The molecule has 0 atom stereocenters. The normalized spacial score (nSPS) is 11.2. The number of halogens is 1. The van der Waals surface area contributed by atoms with Gasteiger partial charge in [0.25, 0.3) is 0 Å². The molecule has 0 aliphatic carbocycles. The number of nitrogens with zero attached hydrogens (tertiary/aromatic N) is 3. The van der Waals surface area contributed by atoms with Gasteiger partial charge in [-0.25, -0.2) is 9.67 Å². The second-order valence-corrected chi connectivity index (χ2v) is 5.51. The number of rotatable bonds is 2. The summed E-state index contributed by atoms with van der Waals surface area (Å²) < 4.78 is 2.74. The predicted molar refractivity (Wildman–Crippen MR) is 82.0 cm³/mol. The molecular weight excluding hydrogens is 318 g/mol. The van der Waals surface area contributed by atoms with E-state index in [9.17, 15) is 5.11 Å². The van der Waals surface area contributed by atoms with E-state index in [-0.39, 0.29) is 6.61 Å². The molecule has 5 heteroatoms. The van der Waals surface area contributed by atoms with Gasteiger partial charge in [0.05, 0.1) is 28.0 Å². The first-order valence-corrected chi connectivity index (χ1v) is 7.12. The Morgan fingerprint density at radius 2 is 2.00 bits per heavy atom. The number of para-hydroxylation sites is 1. The molecule has 3 aromatic rings. The zero-order chi connectivity index (χ0) is 14.3. The highest BCUT2D eigenvalue weighted by Gasteiger charge is 2.15. The van der Waals surface area contributed by atoms with Crippen molar-refractivity contribution in [2.24, 2.45) is 0 Å². The highest BCUT2D eigenvalue weighted by Crippen LogP contribution is 2.25. The minimum absolute atomic E-state index is 0.0663. The average Bonchev–Trinajstić information content (AvgIpc) is 2.73. The molecule has 3 rings (SSSR count). The molecule has 0 saturated heterocycles. The zero-order valence-electron chi connectivity index (χ0n) is 11.3. The van der Waals surface area contributed by atoms with Gasteiger partial charge in [-0.15, -0.1) is 0 Å². The van der Waals surface area contributed by atoms with Crippen LogP contribution in [0.2, 0.25) is 0 Å². The van der Waals surface area contributed by atoms with E-state index in [2.05, 4.69) is 26.0 Å². The summed E-state index contributed by atoms with van der Waals surface area (Å²) in [6.07, 6.45) is 0. The smallest absolute Gasteiger partial charge is 0.159 e. The molecule has 1 aromatic carbocycles. The van der Waals surface area contributed by atoms with Crippen LogP contribution in [0.3, 0.4) is 0 Å². The van der Waals surface area contributed by atoms with E-state index in [4.69, 9.17) is 0 Å². The molecule has 2 aromatic heterocycles. The van der Waals surface area contributed by atoms with Crippen LogP contribution in [0, 0.1) is 13.8 Å². The molecular formula is C15H14BrN3O. The fraction of sp³-hybridized carbons (Fsp3) is 0.200. The molecule has 0 saturated carbocycles. The lowest BCUT2D eigenvalue weighted by Gasteiger charge is -2.10. The number of aromatic nitrogens is 3. The van der Waals surface area contributed by atoms with Gasteiger partial charge in [-0.2, -0.15) is 5.10 Å². The summed E-state index contributed by atoms with van der Waals surface area (Å²) in [5, 5.41) is 15.1. The summed E-state index contributed by atoms with van der Waals surface area (Å²) in [6.45, 7) is 3.85. The number of hydrogen-bond acceptors (Lipinski definition) is 3. The second-order valence-electron chi connectivity index (χ2n) is 4.72. The Hall–Kier alpha value is -1.72. The van der Waals surface area contributed by atoms with Crippen molar-refractivity contribution in [3.8, 4) is 5.82 Å². The number of fused-ring (bicyclic) bond motifs is 1. The van der Waals surface area contributed by atoms with Gasteiger partial charge in [0.1, 0.15) is 0 Å². The number of aliphatic hydroxyl groups is 1. The maximum absolute atomic E-state index is 9.61. The van der Waals surface area contributed by atoms with Gasteiger partial charge in [-0.3, -0.25) is 0 Å². The Labute approximate surface area is 125 Å². The first kappa shape index (κ1) is 13.3. The van der Waals surface area contributed by atoms with Gasteiger partial charge in [-0.1, -0.05) is 18.2 Å². The van der Waals surface area contributed by atoms with Crippen molar-refractivity contribution < 1.29 is 5.11 Å². The maximum Gasteiger partial charge on any atom is 0.159 e. The lowest BCUT2D eigenvalue weighted by Crippen LogP contribution is -2.07. The Morgan fingerprint density at radius 1 is 1.25 bits per heavy atom. The van der Waals surface area contributed by atoms with Gasteiger partial charge < -0.3 is 5.11 Å². The first-order chi connectivity index (χ1) is 9.61. The molecule has 2 heterocycles. The Balaban J connectivity index is 2.31. The summed E-state index contributed by atoms with van der Waals surface area (Å²) >= 11 is 3.52. The molecule has 0 fully saturated rings. The van der Waals surface area contributed by atoms with Gasteiger partial charge >= 0.3 is 0 Å². The standard InChI is InChI=1S/C15H14BrN3O/c1-9-14(16)10(2)19(18-9)15-12(8-20)7-11-5-3-4-6-13(11)17-15/h3-7,20H,8H2,1-2H3. The highest BCUT2D eigenvalue weighted by atomic mass is 79.9. The lowest BCUT2D eigenvalue weighted by atomic mass is 10.1. The van der Waals surface area contributed by atoms with Gasteiger partial charge in [-0.05, 0) is 41.9 Å². The molecule has 102 valence electrons. The van der Waals surface area contributed by atoms with Crippen LogP contribution >= 0.6 is 15.9 Å². The molecule has 0 unspecified atom stereocenters. The minimum Gasteiger partial charge on any atom is -0.392 e. The number of aliphatic hydroxyl groups excluding tert-OH is 1. The summed E-state index contributed by atoms with van der Waals surface area (Å²) in [7, 11) is 0. The van der Waals surface area contributed by atoms with Crippen LogP contribution in [0.1, 0.15) is 17.0 Å². The average molecular weight is 332 g/mol. The Morgan fingerprint density at radius 3 is 2.65 bits per heavy atom. The number of hydrogen-bond donors (Lipinski definition) is 1. The summed E-state index contributed by atoms with van der Waals surface area (Å²) in [4.78, 5) is 4.65. The molecule has 0 radical (unpaired) electrons. The second kappa shape index (κ2) is 5.00. The number of pyridine rings is 1. The Bertz CT molecular complexity index is 795. The predicted octanol–water partition coefficient (Wildman–Crippen LogP) is 3.29. The quantitative estimate of drug-likeness (QED) is 0.783. The SMILES string of the molecule is Cc1nn(-c2nc3ccccc3cc2CO)c(C)c1Br. The first-order valence-electron chi connectivity index (χ1n) is 6.33. The Kier molecular flexibility index (Phi) is 3.31. The van der Waals surface area contributed by atoms with Crippen LogP contribution in [0.25, 0.3) is 16.7 Å². The maximum atomic E-state index is 9.61. The van der Waals surface area contributed by atoms with Crippen LogP contribution in [0.15, 0.2) is 34.8 Å². The number of benzene rings is 1. The lowest BCUT2D eigenvalue weighted by molar-refractivity contribution is 0.281. The fourth-order valence-corrected chi connectivity index (χ4v) is 2.53. The van der Waals surface area contributed by atoms with Crippen molar-refractivity contribution >= 4 is 26.8 Å². The summed E-state index contributed by atoms with van der Waals surface area (Å²) in [5.41, 5.74) is 3.53. The van der Waals surface area contributed by atoms with Crippen molar-refractivity contribution in [1.29, 1.82) is 0 Å². The summed E-state index contributed by atoms with van der Waals surface area (Å²) in [6, 6.07) is 9.82. The van der Waals surface area contributed by atoms with Gasteiger partial charge in [0, 0.05) is 10.9 Å². The molecule has 1 N–H and O–H groups in total. The van der Waals surface area contributed by atoms with E-state index in [1.54, 1.807) is 4.68 Å². The molecule has 0 aliphatic rings. The third-order valence-corrected chi connectivity index (χ3v) is 4.50. The third kappa shape index (κ3) is 2.03. The van der Waals surface area contributed by atoms with E-state index in [0.29, 0.717) is 5.82 Å². The van der Waals surface area contributed by atoms with Crippen LogP contribution < -0.4 is 0 Å². The van der Waals surface area contributed by atoms with E-state index >= 15 is 0 Å². The van der Waals surface area contributed by atoms with Crippen molar-refractivity contribution in [3.63, 3.8) is 0 Å². The molecule has 0 aliphatic heterocycles. The van der Waals surface area contributed by atoms with Crippen LogP contribution in [-0.4, -0.2) is 19.9 Å². The van der Waals surface area contributed by atoms with Crippen LogP contribution in [0.4, 0.5) is 0 Å². The van der Waals surface area contributed by atoms with Crippen molar-refractivity contribution in [1.82, 2.24) is 14.8 Å². The van der Waals surface area contributed by atoms with Crippen molar-refractivity contribution in [2.45, 2.75) is 20.5 Å². The highest BCUT2D eigenvalue weighted by molar-refractivity contribution is 9.10. The van der Waals surface area contributed by atoms with Gasteiger partial charge in [0.2, 0.25) is 0 Å². The third-order valence-electron chi connectivity index (χ3n) is 3.35. The summed E-state index contributed by atoms with van der Waals surface area (Å²) in [5.74, 6) is 0.678. The zero-order valence-corrected chi connectivity index (χ0v) is 12.8. The van der Waals surface area contributed by atoms with E-state index in [0.717, 1.165) is 32.3 Å². The van der Waals surface area contributed by atoms with Crippen LogP contribution in [-0.2, 0) is 6.61 Å². The fourth-order valence-electron chi connectivity index (χ4n) is 2.28. The number of aryl methyl sites for hydroxylation is 1. The molecule has 0 spiro atoms. The van der Waals surface area contributed by atoms with Crippen LogP contribution in [0.5, 0.6) is 0 Å². The topological polar surface area (TPSA) is 50.9 Å². The molecule has 0 bridgehead atoms. The van der Waals surface area contributed by atoms with Crippen molar-refractivity contribution in [3.05, 3.63) is 51.8 Å². The van der Waals surface area contributed by atoms with E-state index < -0.39 is 0 Å². The molecule has 20 heavy (non-hydrogen) atoms. The van der Waals surface area contributed by atoms with Crippen molar-refractivity contribution in [2.75, 3.05) is 0 Å². The van der Waals surface area contributed by atoms with E-state index in [1.165, 1.54) is 0 Å².